The zero-order valence-electron chi connectivity index (χ0n) is 10.6. The molecule has 1 saturated carbocycles. The Hall–Kier alpha value is -1.15. The lowest BCUT2D eigenvalue weighted by Crippen LogP contribution is -2.37. The highest BCUT2D eigenvalue weighted by molar-refractivity contribution is 7.10. The number of aliphatic hydroxyl groups is 1. The Morgan fingerprint density at radius 1 is 1.45 bits per heavy atom. The SMILES string of the molecule is O=C(NC[C@H]1CCCC[C@@H]1O)c1ncsc1C(F)(F)F. The van der Waals surface area contributed by atoms with Crippen LogP contribution < -0.4 is 5.32 Å². The Bertz CT molecular complexity index is 476. The summed E-state index contributed by atoms with van der Waals surface area (Å²) in [6.45, 7) is 0.175. The molecule has 112 valence electrons. The molecule has 0 bridgehead atoms. The lowest BCUT2D eigenvalue weighted by molar-refractivity contribution is -0.134. The molecule has 1 aliphatic carbocycles. The van der Waals surface area contributed by atoms with Crippen LogP contribution in [-0.4, -0.2) is 28.6 Å². The molecule has 0 radical (unpaired) electrons. The van der Waals surface area contributed by atoms with Crippen LogP contribution in [-0.2, 0) is 6.18 Å². The zero-order chi connectivity index (χ0) is 14.8. The number of amides is 1. The monoisotopic (exact) mass is 308 g/mol. The molecule has 2 rings (SSSR count). The van der Waals surface area contributed by atoms with Crippen LogP contribution in [0.15, 0.2) is 5.51 Å². The van der Waals surface area contributed by atoms with Crippen LogP contribution in [0.4, 0.5) is 13.2 Å². The standard InChI is InChI=1S/C12H15F3N2O2S/c13-12(14,15)10-9(17-6-20-10)11(19)16-5-7-3-1-2-4-8(7)18/h6-8,18H,1-5H2,(H,16,19)/t7-,8+/m1/s1. The molecular weight excluding hydrogens is 293 g/mol. The number of nitrogens with zero attached hydrogens (tertiary/aromatic N) is 1. The molecule has 1 fully saturated rings. The summed E-state index contributed by atoms with van der Waals surface area (Å²) in [5.74, 6) is -0.933. The molecule has 2 N–H and O–H groups in total. The smallest absolute Gasteiger partial charge is 0.393 e. The lowest BCUT2D eigenvalue weighted by Gasteiger charge is -2.27. The van der Waals surface area contributed by atoms with E-state index in [-0.39, 0.29) is 12.5 Å². The maximum Gasteiger partial charge on any atom is 0.427 e. The molecule has 0 saturated heterocycles. The van der Waals surface area contributed by atoms with E-state index in [2.05, 4.69) is 10.3 Å². The van der Waals surface area contributed by atoms with Crippen LogP contribution in [0.3, 0.4) is 0 Å². The largest absolute Gasteiger partial charge is 0.427 e. The van der Waals surface area contributed by atoms with Gasteiger partial charge in [-0.25, -0.2) is 4.98 Å². The number of carbonyl (C=O) groups is 1. The molecule has 1 aliphatic rings. The summed E-state index contributed by atoms with van der Waals surface area (Å²) >= 11 is 0.400. The maximum absolute atomic E-state index is 12.6. The van der Waals surface area contributed by atoms with E-state index in [0.717, 1.165) is 24.8 Å². The number of nitrogens with one attached hydrogen (secondary N) is 1. The highest BCUT2D eigenvalue weighted by Crippen LogP contribution is 2.34. The van der Waals surface area contributed by atoms with Gasteiger partial charge in [0.15, 0.2) is 5.69 Å². The number of rotatable bonds is 3. The van der Waals surface area contributed by atoms with E-state index in [9.17, 15) is 23.1 Å². The molecule has 1 amide bonds. The molecule has 2 atom stereocenters. The van der Waals surface area contributed by atoms with Gasteiger partial charge in [-0.2, -0.15) is 13.2 Å². The highest BCUT2D eigenvalue weighted by atomic mass is 32.1. The van der Waals surface area contributed by atoms with Crippen molar-refractivity contribution < 1.29 is 23.1 Å². The summed E-state index contributed by atoms with van der Waals surface area (Å²) in [6.07, 6.45) is -1.73. The van der Waals surface area contributed by atoms with Crippen molar-refractivity contribution in [3.8, 4) is 0 Å². The Morgan fingerprint density at radius 3 is 2.80 bits per heavy atom. The molecule has 1 aromatic heterocycles. The van der Waals surface area contributed by atoms with Crippen molar-refractivity contribution in [2.75, 3.05) is 6.54 Å². The minimum Gasteiger partial charge on any atom is -0.393 e. The average molecular weight is 308 g/mol. The highest BCUT2D eigenvalue weighted by Gasteiger charge is 2.38. The van der Waals surface area contributed by atoms with E-state index < -0.39 is 28.8 Å². The first-order chi connectivity index (χ1) is 9.39. The number of carbonyl (C=O) groups excluding carboxylic acids is 1. The molecule has 1 aromatic rings. The normalized spacial score (nSPS) is 23.6. The third-order valence-corrected chi connectivity index (χ3v) is 4.31. The number of aliphatic hydroxyl groups excluding tert-OH is 1. The second-order valence-electron chi connectivity index (χ2n) is 4.85. The van der Waals surface area contributed by atoms with E-state index in [1.54, 1.807) is 0 Å². The first kappa shape index (κ1) is 15.2. The molecule has 0 spiro atoms. The van der Waals surface area contributed by atoms with Gasteiger partial charge in [0.25, 0.3) is 5.91 Å². The van der Waals surface area contributed by atoms with Gasteiger partial charge in [0.1, 0.15) is 4.88 Å². The van der Waals surface area contributed by atoms with Gasteiger partial charge >= 0.3 is 6.18 Å². The molecule has 0 aromatic carbocycles. The van der Waals surface area contributed by atoms with Gasteiger partial charge in [-0.3, -0.25) is 4.79 Å². The fourth-order valence-electron chi connectivity index (χ4n) is 2.34. The van der Waals surface area contributed by atoms with Crippen LogP contribution in [0.5, 0.6) is 0 Å². The van der Waals surface area contributed by atoms with Crippen molar-refractivity contribution in [2.24, 2.45) is 5.92 Å². The predicted molar refractivity (Wildman–Crippen MR) is 67.4 cm³/mol. The predicted octanol–water partition coefficient (Wildman–Crippen LogP) is 2.44. The Balaban J connectivity index is 1.97. The molecule has 20 heavy (non-hydrogen) atoms. The molecule has 0 unspecified atom stereocenters. The van der Waals surface area contributed by atoms with Crippen molar-refractivity contribution in [1.29, 1.82) is 0 Å². The summed E-state index contributed by atoms with van der Waals surface area (Å²) in [4.78, 5) is 14.3. The first-order valence-electron chi connectivity index (χ1n) is 6.36. The van der Waals surface area contributed by atoms with Crippen molar-refractivity contribution in [1.82, 2.24) is 10.3 Å². The zero-order valence-corrected chi connectivity index (χ0v) is 11.4. The van der Waals surface area contributed by atoms with Gasteiger partial charge in [-0.15, -0.1) is 11.3 Å². The third kappa shape index (κ3) is 3.49. The number of thiazole rings is 1. The van der Waals surface area contributed by atoms with E-state index in [4.69, 9.17) is 0 Å². The quantitative estimate of drug-likeness (QED) is 0.901. The maximum atomic E-state index is 12.6. The third-order valence-electron chi connectivity index (χ3n) is 3.43. The second kappa shape index (κ2) is 6.09. The fraction of sp³-hybridized carbons (Fsp3) is 0.667. The fourth-order valence-corrected chi connectivity index (χ4v) is 3.00. The van der Waals surface area contributed by atoms with Gasteiger partial charge in [-0.1, -0.05) is 12.8 Å². The number of aromatic nitrogens is 1. The number of hydrogen-bond donors (Lipinski definition) is 2. The summed E-state index contributed by atoms with van der Waals surface area (Å²) in [7, 11) is 0. The van der Waals surface area contributed by atoms with Crippen molar-refractivity contribution in [3.05, 3.63) is 16.1 Å². The summed E-state index contributed by atoms with van der Waals surface area (Å²) in [5, 5.41) is 12.2. The van der Waals surface area contributed by atoms with Crippen LogP contribution in [0, 0.1) is 5.92 Å². The first-order valence-corrected chi connectivity index (χ1v) is 7.24. The molecule has 1 heterocycles. The molecule has 0 aliphatic heterocycles. The second-order valence-corrected chi connectivity index (χ2v) is 5.70. The van der Waals surface area contributed by atoms with E-state index in [0.29, 0.717) is 17.8 Å². The van der Waals surface area contributed by atoms with E-state index in [1.807, 2.05) is 0 Å². The van der Waals surface area contributed by atoms with Gasteiger partial charge in [0, 0.05) is 12.5 Å². The minimum atomic E-state index is -4.57. The van der Waals surface area contributed by atoms with E-state index in [1.165, 1.54) is 0 Å². The van der Waals surface area contributed by atoms with Crippen LogP contribution in [0.2, 0.25) is 0 Å². The minimum absolute atomic E-state index is 0.0966. The Labute approximate surface area is 118 Å². The van der Waals surface area contributed by atoms with Crippen LogP contribution in [0.1, 0.15) is 41.0 Å². The van der Waals surface area contributed by atoms with Crippen LogP contribution in [0.25, 0.3) is 0 Å². The number of alkyl halides is 3. The average Bonchev–Trinajstić information content (AvgIpc) is 2.86. The van der Waals surface area contributed by atoms with Gasteiger partial charge in [0.05, 0.1) is 11.6 Å². The Morgan fingerprint density at radius 2 is 2.15 bits per heavy atom. The number of hydrogen-bond acceptors (Lipinski definition) is 4. The summed E-state index contributed by atoms with van der Waals surface area (Å²) in [6, 6.07) is 0. The van der Waals surface area contributed by atoms with Crippen molar-refractivity contribution in [2.45, 2.75) is 38.0 Å². The molecular formula is C12H15F3N2O2S. The van der Waals surface area contributed by atoms with Gasteiger partial charge in [0.2, 0.25) is 0 Å². The Kier molecular flexibility index (Phi) is 4.64. The van der Waals surface area contributed by atoms with Gasteiger partial charge < -0.3 is 10.4 Å². The topological polar surface area (TPSA) is 62.2 Å². The van der Waals surface area contributed by atoms with E-state index >= 15 is 0 Å². The molecule has 8 heteroatoms. The molecule has 4 nitrogen and oxygen atoms in total. The summed E-state index contributed by atoms with van der Waals surface area (Å²) in [5.41, 5.74) is 0.417. The lowest BCUT2D eigenvalue weighted by atomic mass is 9.86. The van der Waals surface area contributed by atoms with Crippen LogP contribution >= 0.6 is 11.3 Å². The summed E-state index contributed by atoms with van der Waals surface area (Å²) < 4.78 is 37.9. The van der Waals surface area contributed by atoms with Crippen molar-refractivity contribution in [3.63, 3.8) is 0 Å². The van der Waals surface area contributed by atoms with Gasteiger partial charge in [-0.05, 0) is 12.8 Å². The number of halogens is 3. The van der Waals surface area contributed by atoms with Crippen molar-refractivity contribution >= 4 is 17.2 Å².